The van der Waals surface area contributed by atoms with Crippen molar-refractivity contribution in [3.05, 3.63) is 89.4 Å². The fourth-order valence-electron chi connectivity index (χ4n) is 3.74. The van der Waals surface area contributed by atoms with Gasteiger partial charge < -0.3 is 10.6 Å². The molecule has 0 saturated heterocycles. The van der Waals surface area contributed by atoms with Crippen LogP contribution in [0.4, 0.5) is 21.9 Å². The van der Waals surface area contributed by atoms with Gasteiger partial charge in [-0.25, -0.2) is 4.79 Å². The van der Waals surface area contributed by atoms with Crippen LogP contribution in [0, 0.1) is 0 Å². The second-order valence-electron chi connectivity index (χ2n) is 7.02. The Kier molecular flexibility index (Phi) is 5.22. The third-order valence-electron chi connectivity index (χ3n) is 5.00. The fraction of sp³-hybridized carbons (Fsp3) is 0.174. The highest BCUT2D eigenvalue weighted by Gasteiger charge is 2.33. The molecule has 4 rings (SSSR count). The molecule has 0 aromatic heterocycles. The molecule has 3 aromatic rings. The number of carbonyl (C=O) groups is 1. The average Bonchev–Trinajstić information content (AvgIpc) is 2.69. The van der Waals surface area contributed by atoms with E-state index >= 15 is 0 Å². The third kappa shape index (κ3) is 3.82. The first-order chi connectivity index (χ1) is 13.6. The van der Waals surface area contributed by atoms with Gasteiger partial charge in [0.2, 0.25) is 0 Å². The van der Waals surface area contributed by atoms with Crippen LogP contribution in [0.15, 0.2) is 78.9 Å². The first-order valence-corrected chi connectivity index (χ1v) is 9.76. The highest BCUT2D eigenvalue weighted by Crippen LogP contribution is 2.39. The zero-order valence-corrected chi connectivity index (χ0v) is 16.4. The second-order valence-corrected chi connectivity index (χ2v) is 7.45. The van der Waals surface area contributed by atoms with Crippen molar-refractivity contribution in [1.29, 1.82) is 0 Å². The molecule has 3 aromatic carbocycles. The van der Waals surface area contributed by atoms with Gasteiger partial charge in [-0.2, -0.15) is 0 Å². The summed E-state index contributed by atoms with van der Waals surface area (Å²) in [5, 5.41) is 7.17. The van der Waals surface area contributed by atoms with Crippen LogP contribution in [0.1, 0.15) is 24.9 Å². The molecule has 5 heteroatoms. The van der Waals surface area contributed by atoms with Gasteiger partial charge in [-0.1, -0.05) is 54.1 Å². The third-order valence-corrected chi connectivity index (χ3v) is 5.23. The summed E-state index contributed by atoms with van der Waals surface area (Å²) in [4.78, 5) is 14.9. The van der Waals surface area contributed by atoms with Crippen LogP contribution in [0.3, 0.4) is 0 Å². The number of carbonyl (C=O) groups excluding carboxylic acids is 1. The molecule has 0 spiro atoms. The summed E-state index contributed by atoms with van der Waals surface area (Å²) in [5.41, 5.74) is 3.80. The van der Waals surface area contributed by atoms with Crippen LogP contribution in [-0.4, -0.2) is 12.1 Å². The van der Waals surface area contributed by atoms with Crippen LogP contribution < -0.4 is 15.5 Å². The maximum atomic E-state index is 13.1. The summed E-state index contributed by atoms with van der Waals surface area (Å²) < 4.78 is 0. The van der Waals surface area contributed by atoms with Crippen molar-refractivity contribution in [2.24, 2.45) is 0 Å². The van der Waals surface area contributed by atoms with E-state index in [4.69, 9.17) is 11.6 Å². The van der Waals surface area contributed by atoms with Crippen molar-refractivity contribution in [3.8, 4) is 0 Å². The van der Waals surface area contributed by atoms with Crippen molar-refractivity contribution in [1.82, 2.24) is 0 Å². The van der Waals surface area contributed by atoms with E-state index in [0.29, 0.717) is 10.7 Å². The van der Waals surface area contributed by atoms with Gasteiger partial charge in [0.1, 0.15) is 0 Å². The molecule has 0 saturated carbocycles. The summed E-state index contributed by atoms with van der Waals surface area (Å²) in [5.74, 6) is 0. The lowest BCUT2D eigenvalue weighted by atomic mass is 9.91. The normalized spacial score (nSPS) is 18.3. The summed E-state index contributed by atoms with van der Waals surface area (Å²) >= 11 is 6.05. The minimum absolute atomic E-state index is 0.0373. The summed E-state index contributed by atoms with van der Waals surface area (Å²) in [6.45, 7) is 2.08. The maximum absolute atomic E-state index is 13.1. The van der Waals surface area contributed by atoms with E-state index in [2.05, 4.69) is 35.8 Å². The van der Waals surface area contributed by atoms with E-state index in [0.717, 1.165) is 23.4 Å². The summed E-state index contributed by atoms with van der Waals surface area (Å²) in [6.07, 6.45) is 0.814. The van der Waals surface area contributed by atoms with Gasteiger partial charge in [-0.15, -0.1) is 0 Å². The lowest BCUT2D eigenvalue weighted by Gasteiger charge is -2.39. The molecule has 0 bridgehead atoms. The molecule has 142 valence electrons. The number of urea groups is 1. The first-order valence-electron chi connectivity index (χ1n) is 9.38. The predicted molar refractivity (Wildman–Crippen MR) is 116 cm³/mol. The van der Waals surface area contributed by atoms with Crippen molar-refractivity contribution in [3.63, 3.8) is 0 Å². The number of hydrogen-bond donors (Lipinski definition) is 2. The predicted octanol–water partition coefficient (Wildman–Crippen LogP) is 6.32. The first kappa shape index (κ1) is 18.4. The second kappa shape index (κ2) is 7.95. The highest BCUT2D eigenvalue weighted by molar-refractivity contribution is 6.30. The maximum Gasteiger partial charge on any atom is 0.326 e. The van der Waals surface area contributed by atoms with Crippen molar-refractivity contribution in [2.45, 2.75) is 25.4 Å². The molecule has 0 unspecified atom stereocenters. The minimum Gasteiger partial charge on any atom is -0.378 e. The molecule has 0 aliphatic carbocycles. The minimum atomic E-state index is -0.152. The molecule has 2 atom stereocenters. The van der Waals surface area contributed by atoms with Crippen LogP contribution >= 0.6 is 11.6 Å². The Balaban J connectivity index is 1.61. The Hall–Kier alpha value is -2.98. The average molecular weight is 392 g/mol. The molecule has 4 nitrogen and oxygen atoms in total. The molecule has 0 fully saturated rings. The highest BCUT2D eigenvalue weighted by atomic mass is 35.5. The van der Waals surface area contributed by atoms with Gasteiger partial charge in [-0.05, 0) is 55.3 Å². The molecular weight excluding hydrogens is 370 g/mol. The van der Waals surface area contributed by atoms with E-state index in [1.54, 1.807) is 12.1 Å². The molecule has 28 heavy (non-hydrogen) atoms. The van der Waals surface area contributed by atoms with E-state index in [1.807, 2.05) is 53.4 Å². The smallest absolute Gasteiger partial charge is 0.326 e. The van der Waals surface area contributed by atoms with Crippen LogP contribution in [-0.2, 0) is 0 Å². The molecule has 2 amide bonds. The lowest BCUT2D eigenvalue weighted by Crippen LogP contribution is -2.46. The molecule has 2 N–H and O–H groups in total. The van der Waals surface area contributed by atoms with Crippen LogP contribution in [0.5, 0.6) is 0 Å². The van der Waals surface area contributed by atoms with Gasteiger partial charge in [-0.3, -0.25) is 4.90 Å². The largest absolute Gasteiger partial charge is 0.378 e. The van der Waals surface area contributed by atoms with Gasteiger partial charge in [0, 0.05) is 22.4 Å². The Morgan fingerprint density at radius 2 is 1.68 bits per heavy atom. The molecule has 1 heterocycles. The van der Waals surface area contributed by atoms with Crippen LogP contribution in [0.25, 0.3) is 0 Å². The number of para-hydroxylation sites is 2. The molecule has 1 aliphatic rings. The van der Waals surface area contributed by atoms with Crippen molar-refractivity contribution < 1.29 is 4.79 Å². The number of hydrogen-bond acceptors (Lipinski definition) is 2. The van der Waals surface area contributed by atoms with Gasteiger partial charge in [0.25, 0.3) is 0 Å². The zero-order valence-electron chi connectivity index (χ0n) is 15.6. The van der Waals surface area contributed by atoms with E-state index in [-0.39, 0.29) is 18.1 Å². The molecule has 1 aliphatic heterocycles. The standard InChI is InChI=1S/C23H22ClN3O/c1-16-14-21(25-18-9-3-2-4-10-18)20-12-5-6-13-22(20)27(16)23(28)26-19-11-7-8-17(24)15-19/h2-13,15-16,21,25H,14H2,1H3,(H,26,28)/t16-,21+/m0/s1. The van der Waals surface area contributed by atoms with E-state index in [9.17, 15) is 4.79 Å². The van der Waals surface area contributed by atoms with Gasteiger partial charge >= 0.3 is 6.03 Å². The number of fused-ring (bicyclic) bond motifs is 1. The van der Waals surface area contributed by atoms with Crippen molar-refractivity contribution in [2.75, 3.05) is 15.5 Å². The Labute approximate surface area is 170 Å². The zero-order chi connectivity index (χ0) is 19.5. The van der Waals surface area contributed by atoms with Gasteiger partial charge in [0.15, 0.2) is 0 Å². The topological polar surface area (TPSA) is 44.4 Å². The quantitative estimate of drug-likeness (QED) is 0.548. The van der Waals surface area contributed by atoms with E-state index in [1.165, 1.54) is 0 Å². The number of halogens is 1. The number of nitrogens with one attached hydrogen (secondary N) is 2. The Morgan fingerprint density at radius 1 is 0.964 bits per heavy atom. The van der Waals surface area contributed by atoms with Crippen molar-refractivity contribution >= 4 is 34.7 Å². The van der Waals surface area contributed by atoms with Crippen LogP contribution in [0.2, 0.25) is 5.02 Å². The number of amides is 2. The number of anilines is 3. The van der Waals surface area contributed by atoms with E-state index < -0.39 is 0 Å². The monoisotopic (exact) mass is 391 g/mol. The Bertz CT molecular complexity index is 976. The fourth-order valence-corrected chi connectivity index (χ4v) is 3.93. The lowest BCUT2D eigenvalue weighted by molar-refractivity contribution is 0.254. The summed E-state index contributed by atoms with van der Waals surface area (Å²) in [6, 6.07) is 25.5. The summed E-state index contributed by atoms with van der Waals surface area (Å²) in [7, 11) is 0. The Morgan fingerprint density at radius 3 is 2.46 bits per heavy atom. The molecular formula is C23H22ClN3O. The SMILES string of the molecule is C[C@H]1C[C@@H](Nc2ccccc2)c2ccccc2N1C(=O)Nc1cccc(Cl)c1. The molecule has 0 radical (unpaired) electrons. The van der Waals surface area contributed by atoms with Gasteiger partial charge in [0.05, 0.1) is 11.7 Å². The number of benzene rings is 3. The number of nitrogens with zero attached hydrogens (tertiary/aromatic N) is 1. The number of rotatable bonds is 3.